The third kappa shape index (κ3) is 2.48. The van der Waals surface area contributed by atoms with Crippen molar-refractivity contribution in [3.8, 4) is 0 Å². The summed E-state index contributed by atoms with van der Waals surface area (Å²) in [5, 5.41) is 2.81. The highest BCUT2D eigenvalue weighted by molar-refractivity contribution is 7.89. The van der Waals surface area contributed by atoms with Gasteiger partial charge in [0.1, 0.15) is 0 Å². The topological polar surface area (TPSA) is 66.5 Å². The number of hydrogen-bond acceptors (Lipinski definition) is 3. The fourth-order valence-electron chi connectivity index (χ4n) is 3.53. The van der Waals surface area contributed by atoms with Crippen LogP contribution < -0.4 is 5.32 Å². The molecule has 2 heterocycles. The van der Waals surface area contributed by atoms with Gasteiger partial charge in [-0.25, -0.2) is 8.42 Å². The maximum Gasteiger partial charge on any atom is 0.243 e. The first-order chi connectivity index (χ1) is 11.8. The van der Waals surface area contributed by atoms with Gasteiger partial charge in [-0.15, -0.1) is 0 Å². The van der Waals surface area contributed by atoms with Gasteiger partial charge >= 0.3 is 0 Å². The van der Waals surface area contributed by atoms with Crippen molar-refractivity contribution >= 4 is 21.6 Å². The Bertz CT molecular complexity index is 980. The third-order valence-corrected chi connectivity index (χ3v) is 7.05. The van der Waals surface area contributed by atoms with Gasteiger partial charge in [0.05, 0.1) is 10.3 Å². The van der Waals surface area contributed by atoms with E-state index in [0.717, 1.165) is 11.1 Å². The molecule has 0 aliphatic carbocycles. The van der Waals surface area contributed by atoms with Crippen molar-refractivity contribution in [1.29, 1.82) is 0 Å². The van der Waals surface area contributed by atoms with Gasteiger partial charge in [-0.1, -0.05) is 24.3 Å². The number of benzene rings is 2. The van der Waals surface area contributed by atoms with Crippen molar-refractivity contribution in [2.45, 2.75) is 37.1 Å². The van der Waals surface area contributed by atoms with E-state index in [1.54, 1.807) is 18.2 Å². The summed E-state index contributed by atoms with van der Waals surface area (Å²) < 4.78 is 27.7. The molecule has 0 saturated carbocycles. The van der Waals surface area contributed by atoms with Crippen LogP contribution in [-0.4, -0.2) is 25.2 Å². The van der Waals surface area contributed by atoms with Gasteiger partial charge in [0.25, 0.3) is 0 Å². The summed E-state index contributed by atoms with van der Waals surface area (Å²) in [6.45, 7) is 4.47. The average molecular weight is 356 g/mol. The second-order valence-electron chi connectivity index (χ2n) is 7.14. The van der Waals surface area contributed by atoms with Crippen LogP contribution in [0.4, 0.5) is 5.69 Å². The molecule has 2 aromatic carbocycles. The molecule has 130 valence electrons. The molecular formula is C19H20N2O3S. The predicted octanol–water partition coefficient (Wildman–Crippen LogP) is 2.66. The smallest absolute Gasteiger partial charge is 0.243 e. The number of hydrogen-bond donors (Lipinski definition) is 1. The second-order valence-corrected chi connectivity index (χ2v) is 9.08. The molecule has 4 rings (SSSR count). The summed E-state index contributed by atoms with van der Waals surface area (Å²) >= 11 is 0. The maximum absolute atomic E-state index is 13.1. The van der Waals surface area contributed by atoms with Gasteiger partial charge in [0.2, 0.25) is 15.9 Å². The lowest BCUT2D eigenvalue weighted by molar-refractivity contribution is -0.119. The first-order valence-electron chi connectivity index (χ1n) is 8.33. The maximum atomic E-state index is 13.1. The van der Waals surface area contributed by atoms with Crippen LogP contribution in [0, 0.1) is 0 Å². The van der Waals surface area contributed by atoms with Gasteiger partial charge in [-0.2, -0.15) is 4.31 Å². The van der Waals surface area contributed by atoms with E-state index in [-0.39, 0.29) is 10.8 Å². The first kappa shape index (κ1) is 16.3. The Morgan fingerprint density at radius 2 is 1.80 bits per heavy atom. The molecule has 0 aromatic heterocycles. The lowest BCUT2D eigenvalue weighted by Crippen LogP contribution is -2.36. The number of nitrogens with one attached hydrogen (secondary N) is 1. The number of fused-ring (bicyclic) bond motifs is 2. The summed E-state index contributed by atoms with van der Waals surface area (Å²) in [6, 6.07) is 12.9. The highest BCUT2D eigenvalue weighted by Gasteiger charge is 2.39. The van der Waals surface area contributed by atoms with Crippen LogP contribution in [0.1, 0.15) is 30.5 Å². The van der Waals surface area contributed by atoms with Crippen LogP contribution >= 0.6 is 0 Å². The molecule has 25 heavy (non-hydrogen) atoms. The highest BCUT2D eigenvalue weighted by Crippen LogP contribution is 2.39. The molecule has 2 aliphatic rings. The first-order valence-corrected chi connectivity index (χ1v) is 9.77. The number of nitrogens with zero attached hydrogens (tertiary/aromatic N) is 1. The molecule has 0 radical (unpaired) electrons. The largest absolute Gasteiger partial charge is 0.325 e. The summed E-state index contributed by atoms with van der Waals surface area (Å²) in [6.07, 6.45) is 0.714. The predicted molar refractivity (Wildman–Crippen MR) is 95.8 cm³/mol. The summed E-state index contributed by atoms with van der Waals surface area (Å²) in [7, 11) is -3.60. The van der Waals surface area contributed by atoms with E-state index < -0.39 is 15.4 Å². The van der Waals surface area contributed by atoms with Crippen molar-refractivity contribution in [3.63, 3.8) is 0 Å². The lowest BCUT2D eigenvalue weighted by Gasteiger charge is -2.28. The molecule has 2 aliphatic heterocycles. The van der Waals surface area contributed by atoms with Gasteiger partial charge in [0.15, 0.2) is 0 Å². The Morgan fingerprint density at radius 1 is 1.08 bits per heavy atom. The molecule has 0 saturated heterocycles. The minimum Gasteiger partial charge on any atom is -0.325 e. The molecular weight excluding hydrogens is 336 g/mol. The summed E-state index contributed by atoms with van der Waals surface area (Å²) in [5.74, 6) is -0.107. The summed E-state index contributed by atoms with van der Waals surface area (Å²) in [4.78, 5) is 12.3. The van der Waals surface area contributed by atoms with E-state index in [0.29, 0.717) is 25.2 Å². The highest BCUT2D eigenvalue weighted by atomic mass is 32.2. The Morgan fingerprint density at radius 3 is 2.56 bits per heavy atom. The van der Waals surface area contributed by atoms with Crippen LogP contribution in [-0.2, 0) is 33.2 Å². The third-order valence-electron chi connectivity index (χ3n) is 5.21. The number of sulfonamides is 1. The number of anilines is 1. The Kier molecular flexibility index (Phi) is 3.53. The molecule has 0 atom stereocenters. The van der Waals surface area contributed by atoms with Crippen LogP contribution in [0.2, 0.25) is 0 Å². The van der Waals surface area contributed by atoms with Gasteiger partial charge < -0.3 is 5.32 Å². The molecule has 1 N–H and O–H groups in total. The zero-order valence-electron chi connectivity index (χ0n) is 14.2. The Balaban J connectivity index is 1.71. The van der Waals surface area contributed by atoms with Crippen LogP contribution in [0.15, 0.2) is 47.4 Å². The van der Waals surface area contributed by atoms with E-state index >= 15 is 0 Å². The molecule has 0 bridgehead atoms. The Hall–Kier alpha value is -2.18. The molecule has 2 aromatic rings. The average Bonchev–Trinajstić information content (AvgIpc) is 2.83. The minimum absolute atomic E-state index is 0.107. The SMILES string of the molecule is CC1(C)C(=O)Nc2ccc(S(=O)(=O)N3CCc4ccccc4C3)cc21. The molecule has 0 unspecified atom stereocenters. The fraction of sp³-hybridized carbons (Fsp3) is 0.316. The minimum atomic E-state index is -3.60. The number of rotatable bonds is 2. The standard InChI is InChI=1S/C19H20N2O3S/c1-19(2)16-11-15(7-8-17(16)20-18(19)22)25(23,24)21-10-9-13-5-3-4-6-14(13)12-21/h3-8,11H,9-10,12H2,1-2H3,(H,20,22). The zero-order chi connectivity index (χ0) is 17.8. The lowest BCUT2D eigenvalue weighted by atomic mass is 9.86. The monoisotopic (exact) mass is 356 g/mol. The van der Waals surface area contributed by atoms with Crippen molar-refractivity contribution in [3.05, 3.63) is 59.2 Å². The van der Waals surface area contributed by atoms with Gasteiger partial charge in [0, 0.05) is 18.8 Å². The number of carbonyl (C=O) groups excluding carboxylic acids is 1. The fourth-order valence-corrected chi connectivity index (χ4v) is 4.98. The van der Waals surface area contributed by atoms with Crippen molar-refractivity contribution in [2.24, 2.45) is 0 Å². The molecule has 0 fully saturated rings. The van der Waals surface area contributed by atoms with Crippen LogP contribution in [0.3, 0.4) is 0 Å². The summed E-state index contributed by atoms with van der Waals surface area (Å²) in [5.41, 5.74) is 2.96. The van der Waals surface area contributed by atoms with E-state index in [4.69, 9.17) is 0 Å². The van der Waals surface area contributed by atoms with Gasteiger partial charge in [-0.05, 0) is 55.2 Å². The van der Waals surface area contributed by atoms with E-state index in [1.165, 1.54) is 9.87 Å². The van der Waals surface area contributed by atoms with Crippen molar-refractivity contribution in [2.75, 3.05) is 11.9 Å². The molecule has 1 amide bonds. The number of amides is 1. The van der Waals surface area contributed by atoms with Crippen LogP contribution in [0.25, 0.3) is 0 Å². The quantitative estimate of drug-likeness (QED) is 0.900. The van der Waals surface area contributed by atoms with E-state index in [2.05, 4.69) is 11.4 Å². The van der Waals surface area contributed by atoms with E-state index in [1.807, 2.05) is 32.0 Å². The van der Waals surface area contributed by atoms with Crippen molar-refractivity contribution in [1.82, 2.24) is 4.31 Å². The van der Waals surface area contributed by atoms with Crippen molar-refractivity contribution < 1.29 is 13.2 Å². The second kappa shape index (κ2) is 5.41. The molecule has 6 heteroatoms. The Labute approximate surface area is 147 Å². The molecule has 0 spiro atoms. The zero-order valence-corrected chi connectivity index (χ0v) is 15.1. The van der Waals surface area contributed by atoms with Gasteiger partial charge in [-0.3, -0.25) is 4.79 Å². The molecule has 5 nitrogen and oxygen atoms in total. The van der Waals surface area contributed by atoms with E-state index in [9.17, 15) is 13.2 Å². The normalized spacial score (nSPS) is 19.2. The number of carbonyl (C=O) groups is 1. The van der Waals surface area contributed by atoms with Crippen LogP contribution in [0.5, 0.6) is 0 Å².